The highest BCUT2D eigenvalue weighted by Gasteiger charge is 2.20. The van der Waals surface area contributed by atoms with E-state index < -0.39 is 0 Å². The minimum Gasteiger partial charge on any atom is -0.314 e. The molecule has 18 heavy (non-hydrogen) atoms. The maximum atomic E-state index is 3.62. The molecule has 1 N–H and O–H groups in total. The van der Waals surface area contributed by atoms with Gasteiger partial charge in [-0.25, -0.2) is 0 Å². The van der Waals surface area contributed by atoms with Gasteiger partial charge >= 0.3 is 0 Å². The van der Waals surface area contributed by atoms with Crippen LogP contribution in [0.15, 0.2) is 24.3 Å². The second-order valence-corrected chi connectivity index (χ2v) is 6.41. The molecular formula is C17H27N. The van der Waals surface area contributed by atoms with Gasteiger partial charge in [-0.05, 0) is 55.2 Å². The average Bonchev–Trinajstić information content (AvgIpc) is 3.09. The van der Waals surface area contributed by atoms with Crippen molar-refractivity contribution in [3.05, 3.63) is 35.4 Å². The van der Waals surface area contributed by atoms with Crippen LogP contribution in [0.5, 0.6) is 0 Å². The van der Waals surface area contributed by atoms with E-state index in [4.69, 9.17) is 0 Å². The third kappa shape index (κ3) is 4.81. The molecule has 0 aliphatic heterocycles. The summed E-state index contributed by atoms with van der Waals surface area (Å²) in [5, 5.41) is 3.62. The van der Waals surface area contributed by atoms with Gasteiger partial charge in [0.05, 0.1) is 0 Å². The SMILES string of the molecule is CC(C)Cc1cccc(CC(C)CNC2CC2)c1. The van der Waals surface area contributed by atoms with Gasteiger partial charge in [-0.2, -0.15) is 0 Å². The molecule has 2 rings (SSSR count). The molecule has 1 aromatic rings. The van der Waals surface area contributed by atoms with Gasteiger partial charge in [0.15, 0.2) is 0 Å². The Morgan fingerprint density at radius 2 is 1.78 bits per heavy atom. The van der Waals surface area contributed by atoms with E-state index in [-0.39, 0.29) is 0 Å². The van der Waals surface area contributed by atoms with Crippen molar-refractivity contribution < 1.29 is 0 Å². The van der Waals surface area contributed by atoms with Crippen LogP contribution in [0.1, 0.15) is 44.7 Å². The lowest BCUT2D eigenvalue weighted by Gasteiger charge is -2.13. The molecule has 1 saturated carbocycles. The van der Waals surface area contributed by atoms with Crippen molar-refractivity contribution in [3.63, 3.8) is 0 Å². The number of rotatable bonds is 7. The summed E-state index contributed by atoms with van der Waals surface area (Å²) in [4.78, 5) is 0. The van der Waals surface area contributed by atoms with Crippen LogP contribution >= 0.6 is 0 Å². The van der Waals surface area contributed by atoms with Crippen LogP contribution in [0.2, 0.25) is 0 Å². The van der Waals surface area contributed by atoms with E-state index in [0.717, 1.165) is 17.9 Å². The fourth-order valence-corrected chi connectivity index (χ4v) is 2.48. The Balaban J connectivity index is 1.83. The Kier molecular flexibility index (Phi) is 4.82. The molecule has 1 unspecified atom stereocenters. The summed E-state index contributed by atoms with van der Waals surface area (Å²) in [6.07, 6.45) is 5.17. The summed E-state index contributed by atoms with van der Waals surface area (Å²) in [6.45, 7) is 8.09. The zero-order valence-corrected chi connectivity index (χ0v) is 12.1. The first-order valence-electron chi connectivity index (χ1n) is 7.44. The van der Waals surface area contributed by atoms with E-state index in [0.29, 0.717) is 0 Å². The zero-order chi connectivity index (χ0) is 13.0. The maximum absolute atomic E-state index is 3.62. The molecule has 0 bridgehead atoms. The van der Waals surface area contributed by atoms with Gasteiger partial charge in [0.2, 0.25) is 0 Å². The zero-order valence-electron chi connectivity index (χ0n) is 12.1. The van der Waals surface area contributed by atoms with E-state index in [1.165, 1.54) is 43.4 Å². The van der Waals surface area contributed by atoms with Crippen molar-refractivity contribution >= 4 is 0 Å². The smallest absolute Gasteiger partial charge is 0.00683 e. The van der Waals surface area contributed by atoms with E-state index in [1.807, 2.05) is 0 Å². The molecule has 0 aromatic heterocycles. The van der Waals surface area contributed by atoms with E-state index in [9.17, 15) is 0 Å². The van der Waals surface area contributed by atoms with Crippen LogP contribution in [-0.4, -0.2) is 12.6 Å². The second kappa shape index (κ2) is 6.38. The highest BCUT2D eigenvalue weighted by atomic mass is 14.9. The normalized spacial score (nSPS) is 17.1. The van der Waals surface area contributed by atoms with Crippen molar-refractivity contribution in [3.8, 4) is 0 Å². The lowest BCUT2D eigenvalue weighted by atomic mass is 9.96. The average molecular weight is 245 g/mol. The van der Waals surface area contributed by atoms with Gasteiger partial charge in [-0.3, -0.25) is 0 Å². The van der Waals surface area contributed by atoms with E-state index in [2.05, 4.69) is 50.4 Å². The molecule has 0 spiro atoms. The van der Waals surface area contributed by atoms with Crippen molar-refractivity contribution in [2.45, 2.75) is 52.5 Å². The van der Waals surface area contributed by atoms with Crippen molar-refractivity contribution in [1.29, 1.82) is 0 Å². The number of hydrogen-bond acceptors (Lipinski definition) is 1. The third-order valence-electron chi connectivity index (χ3n) is 3.55. The van der Waals surface area contributed by atoms with Crippen LogP contribution in [0, 0.1) is 11.8 Å². The molecule has 0 radical (unpaired) electrons. The molecule has 0 amide bonds. The van der Waals surface area contributed by atoms with E-state index in [1.54, 1.807) is 0 Å². The molecule has 1 heteroatoms. The van der Waals surface area contributed by atoms with Gasteiger partial charge < -0.3 is 5.32 Å². The minimum absolute atomic E-state index is 0.736. The number of hydrogen-bond donors (Lipinski definition) is 1. The summed E-state index contributed by atoms with van der Waals surface area (Å²) in [7, 11) is 0. The fraction of sp³-hybridized carbons (Fsp3) is 0.647. The fourth-order valence-electron chi connectivity index (χ4n) is 2.48. The van der Waals surface area contributed by atoms with Crippen LogP contribution in [0.4, 0.5) is 0 Å². The van der Waals surface area contributed by atoms with Crippen LogP contribution < -0.4 is 5.32 Å². The molecule has 1 aromatic carbocycles. The van der Waals surface area contributed by atoms with Crippen molar-refractivity contribution in [1.82, 2.24) is 5.32 Å². The summed E-state index contributed by atoms with van der Waals surface area (Å²) >= 11 is 0. The first kappa shape index (κ1) is 13.6. The Bertz CT molecular complexity index is 366. The molecular weight excluding hydrogens is 218 g/mol. The van der Waals surface area contributed by atoms with Crippen LogP contribution in [0.25, 0.3) is 0 Å². The summed E-state index contributed by atoms with van der Waals surface area (Å²) in [5.74, 6) is 1.48. The highest BCUT2D eigenvalue weighted by Crippen LogP contribution is 2.19. The predicted octanol–water partition coefficient (Wildman–Crippen LogP) is 3.82. The molecule has 1 nitrogen and oxygen atoms in total. The molecule has 0 heterocycles. The van der Waals surface area contributed by atoms with Crippen molar-refractivity contribution in [2.24, 2.45) is 11.8 Å². The predicted molar refractivity (Wildman–Crippen MR) is 78.9 cm³/mol. The monoisotopic (exact) mass is 245 g/mol. The van der Waals surface area contributed by atoms with Crippen molar-refractivity contribution in [2.75, 3.05) is 6.54 Å². The number of nitrogens with one attached hydrogen (secondary N) is 1. The van der Waals surface area contributed by atoms with Gasteiger partial charge in [0.1, 0.15) is 0 Å². The molecule has 0 saturated heterocycles. The van der Waals surface area contributed by atoms with Crippen LogP contribution in [-0.2, 0) is 12.8 Å². The van der Waals surface area contributed by atoms with E-state index >= 15 is 0 Å². The highest BCUT2D eigenvalue weighted by molar-refractivity contribution is 5.24. The lowest BCUT2D eigenvalue weighted by molar-refractivity contribution is 0.509. The molecule has 1 fully saturated rings. The summed E-state index contributed by atoms with van der Waals surface area (Å²) < 4.78 is 0. The van der Waals surface area contributed by atoms with Gasteiger partial charge in [-0.1, -0.05) is 45.0 Å². The third-order valence-corrected chi connectivity index (χ3v) is 3.55. The number of benzene rings is 1. The Labute approximate surface area is 112 Å². The van der Waals surface area contributed by atoms with Gasteiger partial charge in [-0.15, -0.1) is 0 Å². The topological polar surface area (TPSA) is 12.0 Å². The summed E-state index contributed by atoms with van der Waals surface area (Å²) in [6, 6.07) is 9.98. The summed E-state index contributed by atoms with van der Waals surface area (Å²) in [5.41, 5.74) is 2.99. The molecule has 1 aliphatic rings. The quantitative estimate of drug-likeness (QED) is 0.770. The van der Waals surface area contributed by atoms with Crippen LogP contribution in [0.3, 0.4) is 0 Å². The Morgan fingerprint density at radius 3 is 2.39 bits per heavy atom. The van der Waals surface area contributed by atoms with Gasteiger partial charge in [0, 0.05) is 6.04 Å². The largest absolute Gasteiger partial charge is 0.314 e. The maximum Gasteiger partial charge on any atom is 0.00683 e. The van der Waals surface area contributed by atoms with Gasteiger partial charge in [0.25, 0.3) is 0 Å². The molecule has 1 atom stereocenters. The second-order valence-electron chi connectivity index (χ2n) is 6.41. The first-order chi connectivity index (χ1) is 8.63. The first-order valence-corrected chi connectivity index (χ1v) is 7.44. The molecule has 100 valence electrons. The minimum atomic E-state index is 0.736. The molecule has 1 aliphatic carbocycles. The Morgan fingerprint density at radius 1 is 1.11 bits per heavy atom. The standard InChI is InChI=1S/C17H27N/c1-13(2)9-15-5-4-6-16(11-15)10-14(3)12-18-17-7-8-17/h4-6,11,13-14,17-18H,7-10,12H2,1-3H3. The lowest BCUT2D eigenvalue weighted by Crippen LogP contribution is -2.24. The Hall–Kier alpha value is -0.820.